The van der Waals surface area contributed by atoms with Gasteiger partial charge in [0.25, 0.3) is 0 Å². The zero-order chi connectivity index (χ0) is 16.3. The zero-order valence-electron chi connectivity index (χ0n) is 15.3. The molecule has 0 bridgehead atoms. The fraction of sp³-hybridized carbons (Fsp3) is 0.714. The molecule has 0 atom stereocenters. The van der Waals surface area contributed by atoms with Crippen molar-refractivity contribution in [2.24, 2.45) is 5.92 Å². The van der Waals surface area contributed by atoms with Crippen molar-refractivity contribution in [2.45, 2.75) is 79.0 Å². The molecule has 0 saturated heterocycles. The number of benzene rings is 1. The van der Waals surface area contributed by atoms with Crippen LogP contribution in [0.25, 0.3) is 0 Å². The van der Waals surface area contributed by atoms with Crippen molar-refractivity contribution in [2.75, 3.05) is 7.05 Å². The van der Waals surface area contributed by atoms with Crippen LogP contribution in [-0.2, 0) is 5.54 Å². The van der Waals surface area contributed by atoms with Gasteiger partial charge in [0.2, 0.25) is 0 Å². The Morgan fingerprint density at radius 1 is 1.00 bits per heavy atom. The Bertz CT molecular complexity index is 482. The minimum absolute atomic E-state index is 0.227. The van der Waals surface area contributed by atoms with E-state index in [1.165, 1.54) is 56.9 Å². The topological polar surface area (TPSA) is 12.0 Å². The first-order valence-electron chi connectivity index (χ1n) is 9.52. The maximum absolute atomic E-state index is 3.72. The van der Waals surface area contributed by atoms with Crippen molar-refractivity contribution >= 4 is 14.7 Å². The number of rotatable bonds is 5. The van der Waals surface area contributed by atoms with Crippen molar-refractivity contribution in [1.29, 1.82) is 0 Å². The minimum atomic E-state index is -0.707. The molecule has 1 N–H and O–H groups in total. The standard InChI is InChI=1S/C21H34AsN/c1-22(2)20(17-18-9-7-8-10-18)13-15-21(23-3,16-14-20)19-11-5-4-6-12-19/h4-6,11-12,18,23H,7-10,13-17H2,1-3H3. The second-order valence-electron chi connectivity index (χ2n) is 8.17. The molecule has 1 aromatic carbocycles. The second kappa shape index (κ2) is 7.32. The predicted octanol–water partition coefficient (Wildman–Crippen LogP) is 5.75. The molecule has 0 radical (unpaired) electrons. The summed E-state index contributed by atoms with van der Waals surface area (Å²) >= 11 is -0.707. The van der Waals surface area contributed by atoms with Gasteiger partial charge in [-0.3, -0.25) is 0 Å². The van der Waals surface area contributed by atoms with Gasteiger partial charge < -0.3 is 0 Å². The van der Waals surface area contributed by atoms with Crippen molar-refractivity contribution in [3.8, 4) is 0 Å². The van der Waals surface area contributed by atoms with E-state index in [-0.39, 0.29) is 5.54 Å². The quantitative estimate of drug-likeness (QED) is 0.646. The first-order valence-corrected chi connectivity index (χ1v) is 14.2. The molecule has 0 amide bonds. The molecule has 128 valence electrons. The van der Waals surface area contributed by atoms with E-state index < -0.39 is 14.7 Å². The molecular weight excluding hydrogens is 341 g/mol. The summed E-state index contributed by atoms with van der Waals surface area (Å²) in [5.41, 5.74) is 6.97. The number of nitrogens with one attached hydrogen (secondary N) is 1. The van der Waals surface area contributed by atoms with Crippen LogP contribution in [0.3, 0.4) is 0 Å². The normalized spacial score (nSPS) is 32.5. The zero-order valence-corrected chi connectivity index (χ0v) is 17.2. The molecule has 23 heavy (non-hydrogen) atoms. The van der Waals surface area contributed by atoms with E-state index in [2.05, 4.69) is 54.1 Å². The van der Waals surface area contributed by atoms with Crippen molar-refractivity contribution in [3.63, 3.8) is 0 Å². The van der Waals surface area contributed by atoms with Crippen LogP contribution in [0, 0.1) is 5.92 Å². The third-order valence-corrected chi connectivity index (χ3v) is 12.2. The van der Waals surface area contributed by atoms with Gasteiger partial charge in [-0.1, -0.05) is 0 Å². The summed E-state index contributed by atoms with van der Waals surface area (Å²) in [4.78, 5) is 0. The molecule has 2 fully saturated rings. The monoisotopic (exact) mass is 375 g/mol. The molecule has 1 aromatic rings. The van der Waals surface area contributed by atoms with Crippen LogP contribution in [-0.4, -0.2) is 21.7 Å². The SMILES string of the molecule is CNC1(c2ccccc2)CCC(CC2CCCC2)([As](C)C)CC1. The van der Waals surface area contributed by atoms with Gasteiger partial charge in [-0.2, -0.15) is 0 Å². The molecule has 2 aliphatic carbocycles. The van der Waals surface area contributed by atoms with Crippen LogP contribution in [0.2, 0.25) is 15.6 Å². The van der Waals surface area contributed by atoms with Crippen LogP contribution in [0.1, 0.15) is 63.4 Å². The first-order chi connectivity index (χ1) is 11.1. The molecule has 2 heteroatoms. The summed E-state index contributed by atoms with van der Waals surface area (Å²) in [6.45, 7) is 0. The molecule has 2 saturated carbocycles. The average molecular weight is 375 g/mol. The van der Waals surface area contributed by atoms with E-state index in [4.69, 9.17) is 0 Å². The molecule has 0 aromatic heterocycles. The van der Waals surface area contributed by atoms with Gasteiger partial charge in [-0.25, -0.2) is 0 Å². The summed E-state index contributed by atoms with van der Waals surface area (Å²) in [7, 11) is 2.17. The molecule has 1 nitrogen and oxygen atoms in total. The Morgan fingerprint density at radius 2 is 1.61 bits per heavy atom. The van der Waals surface area contributed by atoms with Crippen molar-refractivity contribution < 1.29 is 0 Å². The summed E-state index contributed by atoms with van der Waals surface area (Å²) in [5.74, 6) is 1.05. The first kappa shape index (κ1) is 17.6. The Morgan fingerprint density at radius 3 is 2.13 bits per heavy atom. The Balaban J connectivity index is 1.75. The summed E-state index contributed by atoms with van der Waals surface area (Å²) in [6.07, 6.45) is 13.1. The van der Waals surface area contributed by atoms with Gasteiger partial charge in [-0.15, -0.1) is 0 Å². The third-order valence-electron chi connectivity index (χ3n) is 6.93. The predicted molar refractivity (Wildman–Crippen MR) is 102 cm³/mol. The second-order valence-corrected chi connectivity index (χ2v) is 13.9. The van der Waals surface area contributed by atoms with E-state index in [0.717, 1.165) is 10.1 Å². The number of hydrogen-bond acceptors (Lipinski definition) is 1. The molecule has 0 heterocycles. The summed E-state index contributed by atoms with van der Waals surface area (Å²) in [5, 5.41) is 3.72. The Hall–Kier alpha value is -0.262. The van der Waals surface area contributed by atoms with E-state index in [9.17, 15) is 0 Å². The van der Waals surface area contributed by atoms with E-state index in [1.54, 1.807) is 6.42 Å². The molecule has 0 spiro atoms. The van der Waals surface area contributed by atoms with Crippen LogP contribution < -0.4 is 5.32 Å². The van der Waals surface area contributed by atoms with E-state index in [0.29, 0.717) is 0 Å². The van der Waals surface area contributed by atoms with Crippen LogP contribution in [0.15, 0.2) is 30.3 Å². The Kier molecular flexibility index (Phi) is 5.59. The summed E-state index contributed by atoms with van der Waals surface area (Å²) in [6, 6.07) is 11.2. The van der Waals surface area contributed by atoms with Gasteiger partial charge >= 0.3 is 148 Å². The van der Waals surface area contributed by atoms with E-state index >= 15 is 0 Å². The van der Waals surface area contributed by atoms with Gasteiger partial charge in [-0.05, 0) is 0 Å². The molecule has 2 aliphatic rings. The van der Waals surface area contributed by atoms with Crippen molar-refractivity contribution in [3.05, 3.63) is 35.9 Å². The maximum atomic E-state index is 3.72. The fourth-order valence-electron chi connectivity index (χ4n) is 5.17. The third kappa shape index (κ3) is 3.57. The van der Waals surface area contributed by atoms with Gasteiger partial charge in [0, 0.05) is 0 Å². The molecule has 0 unspecified atom stereocenters. The molecular formula is C21H34AsN. The van der Waals surface area contributed by atoms with Gasteiger partial charge in [0.15, 0.2) is 0 Å². The van der Waals surface area contributed by atoms with Crippen molar-refractivity contribution in [1.82, 2.24) is 5.32 Å². The van der Waals surface area contributed by atoms with E-state index in [1.807, 2.05) is 0 Å². The van der Waals surface area contributed by atoms with Gasteiger partial charge in [0.1, 0.15) is 0 Å². The van der Waals surface area contributed by atoms with Crippen LogP contribution in [0.5, 0.6) is 0 Å². The summed E-state index contributed by atoms with van der Waals surface area (Å²) < 4.78 is 0.733. The van der Waals surface area contributed by atoms with Crippen LogP contribution in [0.4, 0.5) is 0 Å². The fourth-order valence-corrected chi connectivity index (χ4v) is 8.82. The average Bonchev–Trinajstić information content (AvgIpc) is 3.09. The molecule has 3 rings (SSSR count). The number of hydrogen-bond donors (Lipinski definition) is 1. The van der Waals surface area contributed by atoms with Crippen LogP contribution >= 0.6 is 0 Å². The Labute approximate surface area is 147 Å². The van der Waals surface area contributed by atoms with Gasteiger partial charge in [0.05, 0.1) is 0 Å². The molecule has 0 aliphatic heterocycles.